The van der Waals surface area contributed by atoms with E-state index in [1.165, 1.54) is 11.1 Å². The van der Waals surface area contributed by atoms with Gasteiger partial charge in [0.1, 0.15) is 11.2 Å². The average molecular weight is 678 g/mol. The van der Waals surface area contributed by atoms with Crippen LogP contribution in [0.4, 0.5) is 0 Å². The smallest absolute Gasteiger partial charge is 0.164 e. The monoisotopic (exact) mass is 677 g/mol. The third-order valence-electron chi connectivity index (χ3n) is 9.92. The molecular weight excluding hydrogens is 647 g/mol. The molecule has 0 saturated heterocycles. The number of fused-ring (bicyclic) bond motifs is 4. The second-order valence-corrected chi connectivity index (χ2v) is 13.3. The first-order valence-electron chi connectivity index (χ1n) is 17.8. The van der Waals surface area contributed by atoms with Gasteiger partial charge in [0.05, 0.1) is 0 Å². The summed E-state index contributed by atoms with van der Waals surface area (Å²) >= 11 is 0. The molecule has 0 bridgehead atoms. The minimum atomic E-state index is 0.591. The Morgan fingerprint density at radius 2 is 0.717 bits per heavy atom. The highest BCUT2D eigenvalue weighted by Gasteiger charge is 2.20. The van der Waals surface area contributed by atoms with E-state index in [9.17, 15) is 0 Å². The summed E-state index contributed by atoms with van der Waals surface area (Å²) in [5.41, 5.74) is 11.1. The first kappa shape index (κ1) is 30.6. The summed E-state index contributed by atoms with van der Waals surface area (Å²) in [6.45, 7) is 0. The van der Waals surface area contributed by atoms with E-state index >= 15 is 0 Å². The van der Waals surface area contributed by atoms with E-state index in [0.717, 1.165) is 71.7 Å². The van der Waals surface area contributed by atoms with E-state index < -0.39 is 0 Å². The number of hydrogen-bond donors (Lipinski definition) is 0. The zero-order chi connectivity index (χ0) is 35.1. The molecule has 248 valence electrons. The van der Waals surface area contributed by atoms with Crippen molar-refractivity contribution in [2.24, 2.45) is 0 Å². The summed E-state index contributed by atoms with van der Waals surface area (Å²) in [6.07, 6.45) is 0. The van der Waals surface area contributed by atoms with Gasteiger partial charge in [-0.1, -0.05) is 164 Å². The average Bonchev–Trinajstić information content (AvgIpc) is 3.60. The molecular formula is C49H31N3O. The Hall–Kier alpha value is -7.17. The van der Waals surface area contributed by atoms with Gasteiger partial charge >= 0.3 is 0 Å². The Bertz CT molecular complexity index is 2900. The first-order valence-corrected chi connectivity index (χ1v) is 17.8. The second kappa shape index (κ2) is 12.9. The summed E-state index contributed by atoms with van der Waals surface area (Å²) in [7, 11) is 0. The lowest BCUT2D eigenvalue weighted by Crippen LogP contribution is -2.00. The molecule has 2 heterocycles. The van der Waals surface area contributed by atoms with Crippen LogP contribution >= 0.6 is 0 Å². The molecule has 10 aromatic rings. The summed E-state index contributed by atoms with van der Waals surface area (Å²) in [5, 5.41) is 4.29. The highest BCUT2D eigenvalue weighted by atomic mass is 16.3. The van der Waals surface area contributed by atoms with E-state index in [0.29, 0.717) is 17.5 Å². The summed E-state index contributed by atoms with van der Waals surface area (Å²) in [4.78, 5) is 15.4. The normalized spacial score (nSPS) is 11.4. The van der Waals surface area contributed by atoms with Gasteiger partial charge in [-0.15, -0.1) is 0 Å². The maximum absolute atomic E-state index is 6.63. The molecule has 0 aliphatic rings. The van der Waals surface area contributed by atoms with Crippen LogP contribution in [0.5, 0.6) is 0 Å². The number of benzene rings is 8. The van der Waals surface area contributed by atoms with Gasteiger partial charge in [-0.3, -0.25) is 0 Å². The van der Waals surface area contributed by atoms with Crippen LogP contribution in [0.15, 0.2) is 192 Å². The molecule has 0 radical (unpaired) electrons. The van der Waals surface area contributed by atoms with Gasteiger partial charge < -0.3 is 4.42 Å². The lowest BCUT2D eigenvalue weighted by Gasteiger charge is -2.11. The molecule has 0 unspecified atom stereocenters. The predicted molar refractivity (Wildman–Crippen MR) is 217 cm³/mol. The van der Waals surface area contributed by atoms with Crippen molar-refractivity contribution in [2.75, 3.05) is 0 Å². The lowest BCUT2D eigenvalue weighted by atomic mass is 9.97. The van der Waals surface area contributed by atoms with Crippen LogP contribution in [-0.4, -0.2) is 15.0 Å². The Balaban J connectivity index is 1.14. The molecule has 4 heteroatoms. The predicted octanol–water partition coefficient (Wildman–Crippen LogP) is 12.9. The van der Waals surface area contributed by atoms with Gasteiger partial charge in [-0.05, 0) is 68.4 Å². The van der Waals surface area contributed by atoms with Crippen LogP contribution in [0.1, 0.15) is 0 Å². The van der Waals surface area contributed by atoms with Crippen LogP contribution in [-0.2, 0) is 0 Å². The van der Waals surface area contributed by atoms with Crippen LogP contribution < -0.4 is 0 Å². The van der Waals surface area contributed by atoms with Crippen molar-refractivity contribution >= 4 is 32.7 Å². The Morgan fingerprint density at radius 3 is 1.28 bits per heavy atom. The van der Waals surface area contributed by atoms with Crippen LogP contribution in [0, 0.1) is 0 Å². The van der Waals surface area contributed by atoms with Crippen molar-refractivity contribution in [3.63, 3.8) is 0 Å². The van der Waals surface area contributed by atoms with E-state index in [4.69, 9.17) is 19.4 Å². The fourth-order valence-corrected chi connectivity index (χ4v) is 7.20. The molecule has 0 aliphatic carbocycles. The molecule has 0 spiro atoms. The molecule has 8 aromatic carbocycles. The van der Waals surface area contributed by atoms with Crippen LogP contribution in [0.3, 0.4) is 0 Å². The molecule has 0 atom stereocenters. The zero-order valence-corrected chi connectivity index (χ0v) is 28.6. The van der Waals surface area contributed by atoms with Gasteiger partial charge in [-0.2, -0.15) is 0 Å². The van der Waals surface area contributed by atoms with Gasteiger partial charge in [0.15, 0.2) is 17.5 Å². The molecule has 0 fully saturated rings. The molecule has 4 nitrogen and oxygen atoms in total. The molecule has 0 saturated carbocycles. The van der Waals surface area contributed by atoms with E-state index in [2.05, 4.69) is 146 Å². The Kier molecular flexibility index (Phi) is 7.43. The first-order chi connectivity index (χ1) is 26.2. The highest BCUT2D eigenvalue weighted by Crippen LogP contribution is 2.41. The number of rotatable bonds is 6. The Morgan fingerprint density at radius 1 is 0.302 bits per heavy atom. The molecule has 0 aliphatic heterocycles. The van der Waals surface area contributed by atoms with E-state index in [-0.39, 0.29) is 0 Å². The van der Waals surface area contributed by atoms with Crippen LogP contribution in [0.25, 0.3) is 100 Å². The molecule has 53 heavy (non-hydrogen) atoms. The maximum atomic E-state index is 6.63. The summed E-state index contributed by atoms with van der Waals surface area (Å²) in [5.74, 6) is 1.81. The highest BCUT2D eigenvalue weighted by molar-refractivity contribution is 6.16. The quantitative estimate of drug-likeness (QED) is 0.176. The second-order valence-electron chi connectivity index (χ2n) is 13.3. The number of aromatic nitrogens is 3. The third-order valence-corrected chi connectivity index (χ3v) is 9.92. The molecule has 0 amide bonds. The van der Waals surface area contributed by atoms with Gasteiger partial charge in [-0.25, -0.2) is 15.0 Å². The minimum Gasteiger partial charge on any atom is -0.456 e. The summed E-state index contributed by atoms with van der Waals surface area (Å²) in [6, 6.07) is 65.2. The topological polar surface area (TPSA) is 51.8 Å². The van der Waals surface area contributed by atoms with Crippen molar-refractivity contribution < 1.29 is 4.42 Å². The minimum absolute atomic E-state index is 0.591. The standard InChI is InChI=1S/C49H31N3O/c1-4-12-32(13-5-1)34-20-22-35(23-21-34)36-24-26-38(27-25-36)48-50-47(37-16-8-3-9-17-37)51-49(52-48)43-29-41(33-14-6-2-7-15-33)31-45-46(43)42-28-39-18-10-11-19-40(39)30-44(42)53-45/h1-31H. The molecule has 10 rings (SSSR count). The van der Waals surface area contributed by atoms with Crippen LogP contribution in [0.2, 0.25) is 0 Å². The van der Waals surface area contributed by atoms with Gasteiger partial charge in [0.25, 0.3) is 0 Å². The van der Waals surface area contributed by atoms with Crippen molar-refractivity contribution in [1.29, 1.82) is 0 Å². The maximum Gasteiger partial charge on any atom is 0.164 e. The lowest BCUT2D eigenvalue weighted by molar-refractivity contribution is 0.669. The number of hydrogen-bond acceptors (Lipinski definition) is 4. The van der Waals surface area contributed by atoms with E-state index in [1.54, 1.807) is 0 Å². The van der Waals surface area contributed by atoms with Crippen molar-refractivity contribution in [3.8, 4) is 67.5 Å². The zero-order valence-electron chi connectivity index (χ0n) is 28.6. The number of furan rings is 1. The van der Waals surface area contributed by atoms with E-state index in [1.807, 2.05) is 42.5 Å². The largest absolute Gasteiger partial charge is 0.456 e. The van der Waals surface area contributed by atoms with Gasteiger partial charge in [0.2, 0.25) is 0 Å². The van der Waals surface area contributed by atoms with Crippen molar-refractivity contribution in [2.45, 2.75) is 0 Å². The SMILES string of the molecule is c1ccc(-c2ccc(-c3ccc(-c4nc(-c5ccccc5)nc(-c5cc(-c6ccccc6)cc6oc7cc8ccccc8cc7c56)n4)cc3)cc2)cc1. The fraction of sp³-hybridized carbons (Fsp3) is 0. The number of nitrogens with zero attached hydrogens (tertiary/aromatic N) is 3. The summed E-state index contributed by atoms with van der Waals surface area (Å²) < 4.78 is 6.63. The molecule has 0 N–H and O–H groups in total. The Labute approximate surface area is 306 Å². The molecule has 2 aromatic heterocycles. The van der Waals surface area contributed by atoms with Crippen molar-refractivity contribution in [3.05, 3.63) is 188 Å². The van der Waals surface area contributed by atoms with Gasteiger partial charge in [0, 0.05) is 27.5 Å². The van der Waals surface area contributed by atoms with Crippen molar-refractivity contribution in [1.82, 2.24) is 15.0 Å². The fourth-order valence-electron chi connectivity index (χ4n) is 7.20. The third kappa shape index (κ3) is 5.73.